The molecule has 0 aliphatic carbocycles. The predicted octanol–water partition coefficient (Wildman–Crippen LogP) is 2.95. The second-order valence-corrected chi connectivity index (χ2v) is 5.18. The summed E-state index contributed by atoms with van der Waals surface area (Å²) in [5, 5.41) is 14.8. The SMILES string of the molecule is CCc1cc(CC(CO)c2ccc(Cl)cc2)n(C)n1. The minimum absolute atomic E-state index is 0.0809. The number of hydrogen-bond acceptors (Lipinski definition) is 2. The number of aryl methyl sites for hydroxylation is 2. The number of nitrogens with zero attached hydrogens (tertiary/aromatic N) is 2. The zero-order chi connectivity index (χ0) is 13.8. The summed E-state index contributed by atoms with van der Waals surface area (Å²) in [5.74, 6) is 0.0809. The van der Waals surface area contributed by atoms with Crippen LogP contribution in [0.4, 0.5) is 0 Å². The lowest BCUT2D eigenvalue weighted by Gasteiger charge is -2.14. The van der Waals surface area contributed by atoms with Crippen LogP contribution in [0.25, 0.3) is 0 Å². The Balaban J connectivity index is 2.18. The first-order chi connectivity index (χ1) is 9.13. The number of aromatic nitrogens is 2. The Morgan fingerprint density at radius 1 is 1.32 bits per heavy atom. The van der Waals surface area contributed by atoms with Gasteiger partial charge in [-0.2, -0.15) is 5.10 Å². The highest BCUT2D eigenvalue weighted by Gasteiger charge is 2.14. The minimum Gasteiger partial charge on any atom is -0.396 e. The molecule has 0 aliphatic heterocycles. The van der Waals surface area contributed by atoms with Crippen molar-refractivity contribution in [3.05, 3.63) is 52.3 Å². The summed E-state index contributed by atoms with van der Waals surface area (Å²) in [5.41, 5.74) is 3.34. The molecule has 1 N–H and O–H groups in total. The van der Waals surface area contributed by atoms with Gasteiger partial charge in [0.1, 0.15) is 0 Å². The maximum Gasteiger partial charge on any atom is 0.0624 e. The van der Waals surface area contributed by atoms with Gasteiger partial charge in [0.15, 0.2) is 0 Å². The summed E-state index contributed by atoms with van der Waals surface area (Å²) in [6.45, 7) is 2.21. The van der Waals surface area contributed by atoms with E-state index in [1.165, 1.54) is 0 Å². The topological polar surface area (TPSA) is 38.0 Å². The standard InChI is InChI=1S/C15H19ClN2O/c1-3-14-9-15(18(2)17-14)8-12(10-19)11-4-6-13(16)7-5-11/h4-7,9,12,19H,3,8,10H2,1-2H3. The first-order valence-corrected chi connectivity index (χ1v) is 6.90. The molecule has 1 unspecified atom stereocenters. The Morgan fingerprint density at radius 2 is 2.00 bits per heavy atom. The largest absolute Gasteiger partial charge is 0.396 e. The molecule has 0 spiro atoms. The van der Waals surface area contributed by atoms with Gasteiger partial charge in [-0.25, -0.2) is 0 Å². The van der Waals surface area contributed by atoms with Crippen molar-refractivity contribution in [2.45, 2.75) is 25.7 Å². The van der Waals surface area contributed by atoms with Crippen LogP contribution in [0.5, 0.6) is 0 Å². The number of rotatable bonds is 5. The minimum atomic E-state index is 0.0809. The van der Waals surface area contributed by atoms with Crippen molar-refractivity contribution in [2.75, 3.05) is 6.61 Å². The summed E-state index contributed by atoms with van der Waals surface area (Å²) in [6, 6.07) is 9.78. The number of hydrogen-bond donors (Lipinski definition) is 1. The normalized spacial score (nSPS) is 12.6. The van der Waals surface area contributed by atoms with Gasteiger partial charge in [-0.05, 0) is 36.6 Å². The molecule has 4 heteroatoms. The van der Waals surface area contributed by atoms with Gasteiger partial charge >= 0.3 is 0 Å². The molecule has 0 saturated carbocycles. The first kappa shape index (κ1) is 14.1. The molecule has 0 fully saturated rings. The zero-order valence-corrected chi connectivity index (χ0v) is 12.1. The van der Waals surface area contributed by atoms with Crippen molar-refractivity contribution in [3.63, 3.8) is 0 Å². The van der Waals surface area contributed by atoms with Gasteiger partial charge in [0.25, 0.3) is 0 Å². The fourth-order valence-electron chi connectivity index (χ4n) is 2.21. The van der Waals surface area contributed by atoms with Crippen LogP contribution in [-0.2, 0) is 19.9 Å². The van der Waals surface area contributed by atoms with Crippen molar-refractivity contribution >= 4 is 11.6 Å². The number of halogens is 1. The molecule has 0 bridgehead atoms. The third-order valence-corrected chi connectivity index (χ3v) is 3.66. The van der Waals surface area contributed by atoms with Crippen LogP contribution in [-0.4, -0.2) is 21.5 Å². The van der Waals surface area contributed by atoms with E-state index in [1.54, 1.807) is 0 Å². The summed E-state index contributed by atoms with van der Waals surface area (Å²) in [6.07, 6.45) is 1.71. The van der Waals surface area contributed by atoms with Crippen molar-refractivity contribution in [1.82, 2.24) is 9.78 Å². The lowest BCUT2D eigenvalue weighted by atomic mass is 9.95. The zero-order valence-electron chi connectivity index (χ0n) is 11.3. The van der Waals surface area contributed by atoms with Gasteiger partial charge in [0.05, 0.1) is 12.3 Å². The van der Waals surface area contributed by atoms with Crippen molar-refractivity contribution < 1.29 is 5.11 Å². The van der Waals surface area contributed by atoms with Crippen LogP contribution < -0.4 is 0 Å². The maximum absolute atomic E-state index is 9.60. The maximum atomic E-state index is 9.60. The van der Waals surface area contributed by atoms with E-state index in [4.69, 9.17) is 11.6 Å². The van der Waals surface area contributed by atoms with Gasteiger partial charge in [0.2, 0.25) is 0 Å². The molecule has 0 amide bonds. The fraction of sp³-hybridized carbons (Fsp3) is 0.400. The molecule has 19 heavy (non-hydrogen) atoms. The molecule has 1 atom stereocenters. The van der Waals surface area contributed by atoms with Crippen molar-refractivity contribution in [2.24, 2.45) is 7.05 Å². The molecule has 0 saturated heterocycles. The summed E-state index contributed by atoms with van der Waals surface area (Å²) in [7, 11) is 1.95. The van der Waals surface area contributed by atoms with Gasteiger partial charge < -0.3 is 5.11 Å². The van der Waals surface area contributed by atoms with Crippen LogP contribution >= 0.6 is 11.6 Å². The smallest absolute Gasteiger partial charge is 0.0624 e. The van der Waals surface area contributed by atoms with Crippen molar-refractivity contribution in [3.8, 4) is 0 Å². The fourth-order valence-corrected chi connectivity index (χ4v) is 2.34. The van der Waals surface area contributed by atoms with Crippen molar-refractivity contribution in [1.29, 1.82) is 0 Å². The van der Waals surface area contributed by atoms with Gasteiger partial charge in [0, 0.05) is 23.7 Å². The molecule has 1 heterocycles. The predicted molar refractivity (Wildman–Crippen MR) is 77.6 cm³/mol. The number of aliphatic hydroxyl groups is 1. The molecule has 1 aromatic carbocycles. The molecular weight excluding hydrogens is 260 g/mol. The van der Waals surface area contributed by atoms with Gasteiger partial charge in [-0.1, -0.05) is 30.7 Å². The second-order valence-electron chi connectivity index (χ2n) is 4.74. The summed E-state index contributed by atoms with van der Waals surface area (Å²) < 4.78 is 1.90. The molecule has 0 radical (unpaired) electrons. The molecule has 0 aliphatic rings. The summed E-state index contributed by atoms with van der Waals surface area (Å²) >= 11 is 5.89. The summed E-state index contributed by atoms with van der Waals surface area (Å²) in [4.78, 5) is 0. The van der Waals surface area contributed by atoms with E-state index in [0.29, 0.717) is 5.02 Å². The highest BCUT2D eigenvalue weighted by Crippen LogP contribution is 2.22. The Morgan fingerprint density at radius 3 is 2.53 bits per heavy atom. The molecule has 1 aromatic heterocycles. The third kappa shape index (κ3) is 3.37. The van der Waals surface area contributed by atoms with E-state index < -0.39 is 0 Å². The highest BCUT2D eigenvalue weighted by atomic mass is 35.5. The Labute approximate surface area is 118 Å². The quantitative estimate of drug-likeness (QED) is 0.913. The lowest BCUT2D eigenvalue weighted by Crippen LogP contribution is -2.10. The lowest BCUT2D eigenvalue weighted by molar-refractivity contribution is 0.263. The Kier molecular flexibility index (Phi) is 4.61. The number of benzene rings is 1. The average Bonchev–Trinajstić information content (AvgIpc) is 2.78. The van der Waals surface area contributed by atoms with E-state index in [1.807, 2.05) is 36.0 Å². The van der Waals surface area contributed by atoms with E-state index in [-0.39, 0.29) is 12.5 Å². The van der Waals surface area contributed by atoms with Crippen LogP contribution in [0.15, 0.2) is 30.3 Å². The Bertz CT molecular complexity index is 534. The molecular formula is C15H19ClN2O. The average molecular weight is 279 g/mol. The molecule has 2 aromatic rings. The first-order valence-electron chi connectivity index (χ1n) is 6.52. The van der Waals surface area contributed by atoms with E-state index in [9.17, 15) is 5.11 Å². The third-order valence-electron chi connectivity index (χ3n) is 3.41. The highest BCUT2D eigenvalue weighted by molar-refractivity contribution is 6.30. The van der Waals surface area contributed by atoms with E-state index in [0.717, 1.165) is 29.8 Å². The van der Waals surface area contributed by atoms with Crippen LogP contribution in [0.3, 0.4) is 0 Å². The van der Waals surface area contributed by atoms with Crippen LogP contribution in [0.1, 0.15) is 29.8 Å². The number of aliphatic hydroxyl groups excluding tert-OH is 1. The van der Waals surface area contributed by atoms with E-state index in [2.05, 4.69) is 18.1 Å². The molecule has 3 nitrogen and oxygen atoms in total. The van der Waals surface area contributed by atoms with Gasteiger partial charge in [-0.15, -0.1) is 0 Å². The van der Waals surface area contributed by atoms with Gasteiger partial charge in [-0.3, -0.25) is 4.68 Å². The Hall–Kier alpha value is -1.32. The second kappa shape index (κ2) is 6.22. The van der Waals surface area contributed by atoms with E-state index >= 15 is 0 Å². The molecule has 102 valence electrons. The van der Waals surface area contributed by atoms with Crippen LogP contribution in [0.2, 0.25) is 5.02 Å². The molecule has 2 rings (SSSR count). The monoisotopic (exact) mass is 278 g/mol. The van der Waals surface area contributed by atoms with Crippen LogP contribution in [0, 0.1) is 0 Å².